The lowest BCUT2D eigenvalue weighted by Gasteiger charge is -2.26. The topological polar surface area (TPSA) is 70.1 Å². The van der Waals surface area contributed by atoms with Gasteiger partial charge in [-0.1, -0.05) is 78.4 Å². The van der Waals surface area contributed by atoms with Crippen LogP contribution in [-0.4, -0.2) is 29.4 Å². The predicted molar refractivity (Wildman–Crippen MR) is 137 cm³/mol. The molecule has 7 nitrogen and oxygen atoms in total. The van der Waals surface area contributed by atoms with Gasteiger partial charge in [0.1, 0.15) is 6.33 Å². The highest BCUT2D eigenvalue weighted by Crippen LogP contribution is 2.49. The highest BCUT2D eigenvalue weighted by atomic mass is 16.5. The third kappa shape index (κ3) is 3.13. The fourth-order valence-electron chi connectivity index (χ4n) is 4.93. The van der Waals surface area contributed by atoms with Crippen molar-refractivity contribution in [3.05, 3.63) is 119 Å². The van der Waals surface area contributed by atoms with Crippen LogP contribution in [-0.2, 0) is 0 Å². The largest absolute Gasteiger partial charge is 0.420 e. The van der Waals surface area contributed by atoms with Crippen molar-refractivity contribution in [1.82, 2.24) is 29.4 Å². The molecule has 6 aromatic rings. The van der Waals surface area contributed by atoms with E-state index in [1.54, 1.807) is 10.8 Å². The molecule has 0 fully saturated rings. The summed E-state index contributed by atoms with van der Waals surface area (Å²) in [6, 6.07) is 28.6. The van der Waals surface area contributed by atoms with Gasteiger partial charge in [0, 0.05) is 5.56 Å². The molecule has 1 atom stereocenters. The summed E-state index contributed by atoms with van der Waals surface area (Å²) in [5, 5.41) is 9.63. The summed E-state index contributed by atoms with van der Waals surface area (Å²) in [6.07, 6.45) is 1.67. The van der Waals surface area contributed by atoms with E-state index in [4.69, 9.17) is 19.9 Å². The second kappa shape index (κ2) is 7.88. The van der Waals surface area contributed by atoms with Gasteiger partial charge in [-0.2, -0.15) is 5.10 Å². The molecule has 3 aromatic carbocycles. The first kappa shape index (κ1) is 20.6. The molecule has 1 aliphatic heterocycles. The van der Waals surface area contributed by atoms with E-state index >= 15 is 0 Å². The molecule has 0 radical (unpaired) electrons. The van der Waals surface area contributed by atoms with Gasteiger partial charge < -0.3 is 4.74 Å². The molecular weight excluding hydrogens is 448 g/mol. The lowest BCUT2D eigenvalue weighted by molar-refractivity contribution is 0.402. The summed E-state index contributed by atoms with van der Waals surface area (Å²) in [5.41, 5.74) is 7.72. The quantitative estimate of drug-likeness (QED) is 0.323. The zero-order valence-electron chi connectivity index (χ0n) is 19.8. The first-order chi connectivity index (χ1) is 17.7. The first-order valence-electron chi connectivity index (χ1n) is 11.9. The number of hydrogen-bond acceptors (Lipinski definition) is 5. The summed E-state index contributed by atoms with van der Waals surface area (Å²) >= 11 is 0. The maximum Gasteiger partial charge on any atom is 0.230 e. The predicted octanol–water partition coefficient (Wildman–Crippen LogP) is 5.88. The molecule has 0 N–H and O–H groups in total. The number of rotatable bonds is 3. The van der Waals surface area contributed by atoms with Gasteiger partial charge in [0.25, 0.3) is 0 Å². The smallest absolute Gasteiger partial charge is 0.230 e. The van der Waals surface area contributed by atoms with Crippen LogP contribution in [0, 0.1) is 13.8 Å². The van der Waals surface area contributed by atoms with Crippen molar-refractivity contribution >= 4 is 5.65 Å². The number of fused-ring (bicyclic) bond motifs is 4. The molecule has 0 bridgehead atoms. The minimum absolute atomic E-state index is 0.159. The van der Waals surface area contributed by atoms with Crippen LogP contribution in [0.3, 0.4) is 0 Å². The van der Waals surface area contributed by atoms with Crippen LogP contribution in [0.5, 0.6) is 11.8 Å². The van der Waals surface area contributed by atoms with Crippen molar-refractivity contribution in [2.24, 2.45) is 0 Å². The monoisotopic (exact) mass is 470 g/mol. The number of para-hydroxylation sites is 1. The van der Waals surface area contributed by atoms with Crippen LogP contribution in [0.1, 0.15) is 33.9 Å². The van der Waals surface area contributed by atoms with E-state index < -0.39 is 0 Å². The molecule has 0 spiro atoms. The summed E-state index contributed by atoms with van der Waals surface area (Å²) in [6.45, 7) is 4.09. The molecule has 174 valence electrons. The van der Waals surface area contributed by atoms with Crippen molar-refractivity contribution in [1.29, 1.82) is 0 Å². The molecule has 7 heteroatoms. The van der Waals surface area contributed by atoms with Crippen molar-refractivity contribution in [2.75, 3.05) is 0 Å². The minimum atomic E-state index is -0.159. The Morgan fingerprint density at radius 2 is 1.50 bits per heavy atom. The lowest BCUT2D eigenvalue weighted by Crippen LogP contribution is -2.16. The van der Waals surface area contributed by atoms with Crippen LogP contribution in [0.15, 0.2) is 91.3 Å². The van der Waals surface area contributed by atoms with E-state index in [0.717, 1.165) is 39.3 Å². The number of benzene rings is 3. The van der Waals surface area contributed by atoms with Gasteiger partial charge >= 0.3 is 0 Å². The second-order valence-corrected chi connectivity index (χ2v) is 9.03. The van der Waals surface area contributed by atoms with Crippen molar-refractivity contribution in [3.8, 4) is 28.8 Å². The Morgan fingerprint density at radius 1 is 0.778 bits per heavy atom. The zero-order valence-corrected chi connectivity index (χ0v) is 19.8. The van der Waals surface area contributed by atoms with Crippen LogP contribution >= 0.6 is 0 Å². The van der Waals surface area contributed by atoms with E-state index in [1.165, 1.54) is 5.56 Å². The molecule has 0 aliphatic carbocycles. The average molecular weight is 471 g/mol. The Bertz CT molecular complexity index is 1720. The fourth-order valence-corrected chi connectivity index (χ4v) is 4.93. The normalized spacial score (nSPS) is 14.3. The number of nitrogens with zero attached hydrogens (tertiary/aromatic N) is 6. The average Bonchev–Trinajstić information content (AvgIpc) is 3.50. The molecular formula is C29H22N6O. The van der Waals surface area contributed by atoms with Gasteiger partial charge in [0.15, 0.2) is 11.5 Å². The van der Waals surface area contributed by atoms with Crippen molar-refractivity contribution in [3.63, 3.8) is 0 Å². The molecule has 7 rings (SSSR count). The molecule has 0 saturated carbocycles. The first-order valence-corrected chi connectivity index (χ1v) is 11.9. The van der Waals surface area contributed by atoms with Gasteiger partial charge in [-0.15, -0.1) is 5.10 Å². The van der Waals surface area contributed by atoms with Crippen LogP contribution in [0.4, 0.5) is 0 Å². The van der Waals surface area contributed by atoms with Crippen LogP contribution < -0.4 is 4.74 Å². The summed E-state index contributed by atoms with van der Waals surface area (Å²) < 4.78 is 10.1. The molecule has 36 heavy (non-hydrogen) atoms. The summed E-state index contributed by atoms with van der Waals surface area (Å²) in [4.78, 5) is 9.66. The van der Waals surface area contributed by atoms with E-state index in [9.17, 15) is 0 Å². The maximum absolute atomic E-state index is 6.48. The lowest BCUT2D eigenvalue weighted by atomic mass is 9.84. The van der Waals surface area contributed by atoms with Gasteiger partial charge in [-0.3, -0.25) is 0 Å². The molecule has 0 unspecified atom stereocenters. The summed E-state index contributed by atoms with van der Waals surface area (Å²) in [5.74, 6) is 1.69. The Balaban J connectivity index is 1.48. The van der Waals surface area contributed by atoms with E-state index in [-0.39, 0.29) is 5.92 Å². The Morgan fingerprint density at radius 3 is 2.25 bits per heavy atom. The van der Waals surface area contributed by atoms with Crippen molar-refractivity contribution < 1.29 is 4.74 Å². The van der Waals surface area contributed by atoms with E-state index in [1.807, 2.05) is 60.1 Å². The highest BCUT2D eigenvalue weighted by molar-refractivity contribution is 5.68. The Hall–Kier alpha value is -4.78. The Kier molecular flexibility index (Phi) is 4.51. The van der Waals surface area contributed by atoms with Gasteiger partial charge in [-0.05, 0) is 31.5 Å². The molecule has 0 saturated heterocycles. The highest BCUT2D eigenvalue weighted by Gasteiger charge is 2.38. The second-order valence-electron chi connectivity index (χ2n) is 9.03. The van der Waals surface area contributed by atoms with Crippen LogP contribution in [0.25, 0.3) is 22.7 Å². The van der Waals surface area contributed by atoms with Gasteiger partial charge in [0.2, 0.25) is 11.8 Å². The number of hydrogen-bond donors (Lipinski definition) is 0. The molecule has 3 aromatic heterocycles. The molecule has 0 amide bonds. The summed E-state index contributed by atoms with van der Waals surface area (Å²) in [7, 11) is 0. The fraction of sp³-hybridized carbons (Fsp3) is 0.103. The maximum atomic E-state index is 6.48. The molecule has 1 aliphatic rings. The van der Waals surface area contributed by atoms with Gasteiger partial charge in [-0.25, -0.2) is 19.2 Å². The number of aryl methyl sites for hydroxylation is 2. The third-order valence-electron chi connectivity index (χ3n) is 6.66. The molecule has 4 heterocycles. The van der Waals surface area contributed by atoms with Crippen molar-refractivity contribution in [2.45, 2.75) is 19.8 Å². The van der Waals surface area contributed by atoms with E-state index in [2.05, 4.69) is 48.3 Å². The SMILES string of the molecule is Cc1ccc(-c2nc3c4c(ncn3n2)Oc2c(c(C)nn2-c2ccccc2)[C@@H]4c2ccccc2)cc1. The van der Waals surface area contributed by atoms with Gasteiger partial charge in [0.05, 0.1) is 28.4 Å². The Labute approximate surface area is 207 Å². The standard InChI is InChI=1S/C29H22N6O/c1-18-13-15-21(16-14-18)26-31-27-25-24(20-9-5-3-6-10-20)23-19(2)32-35(22-11-7-4-8-12-22)29(23)36-28(25)30-17-34(27)33-26/h3-17,24H,1-2H3/t24-/m0/s1. The minimum Gasteiger partial charge on any atom is -0.420 e. The number of ether oxygens (including phenoxy) is 1. The number of aromatic nitrogens is 6. The van der Waals surface area contributed by atoms with E-state index in [0.29, 0.717) is 17.6 Å². The zero-order chi connectivity index (χ0) is 24.2. The van der Waals surface area contributed by atoms with Crippen LogP contribution in [0.2, 0.25) is 0 Å². The third-order valence-corrected chi connectivity index (χ3v) is 6.66.